The summed E-state index contributed by atoms with van der Waals surface area (Å²) in [5, 5.41) is 7.70. The first-order valence-electron chi connectivity index (χ1n) is 8.15. The molecule has 0 atom stereocenters. The first kappa shape index (κ1) is 15.4. The van der Waals surface area contributed by atoms with E-state index in [1.54, 1.807) is 15.8 Å². The minimum Gasteiger partial charge on any atom is -0.338 e. The highest BCUT2D eigenvalue weighted by Gasteiger charge is 2.26. The van der Waals surface area contributed by atoms with Gasteiger partial charge in [-0.1, -0.05) is 24.3 Å². The first-order chi connectivity index (χ1) is 12.2. The van der Waals surface area contributed by atoms with Gasteiger partial charge in [0.2, 0.25) is 0 Å². The average molecular weight is 333 g/mol. The summed E-state index contributed by atoms with van der Waals surface area (Å²) >= 11 is 0. The lowest BCUT2D eigenvalue weighted by molar-refractivity contribution is 0.0985. The van der Waals surface area contributed by atoms with Crippen molar-refractivity contribution in [1.82, 2.24) is 9.78 Å². The van der Waals surface area contributed by atoms with E-state index in [1.165, 1.54) is 0 Å². The number of anilines is 3. The number of nitrogens with one attached hydrogen (secondary N) is 1. The van der Waals surface area contributed by atoms with Gasteiger partial charge in [-0.05, 0) is 29.8 Å². The standard InChI is InChI=1S/C19H19N5O/c1-23-18-15(11-21-23)12-24(17-5-3-2-4-16(17)22-18)19(25)14-8-6-13(10-20)7-9-14/h2-9,11,22H,10,12,20H2,1H3. The first-order valence-corrected chi connectivity index (χ1v) is 8.15. The van der Waals surface area contributed by atoms with Crippen LogP contribution in [0.2, 0.25) is 0 Å². The number of benzene rings is 2. The van der Waals surface area contributed by atoms with Crippen molar-refractivity contribution in [2.45, 2.75) is 13.1 Å². The van der Waals surface area contributed by atoms with E-state index in [1.807, 2.05) is 55.6 Å². The number of nitrogens with two attached hydrogens (primary N) is 1. The van der Waals surface area contributed by atoms with E-state index in [0.717, 1.165) is 28.3 Å². The highest BCUT2D eigenvalue weighted by molar-refractivity contribution is 6.08. The lowest BCUT2D eigenvalue weighted by atomic mass is 10.1. The van der Waals surface area contributed by atoms with Gasteiger partial charge in [0.15, 0.2) is 0 Å². The Balaban J connectivity index is 1.78. The van der Waals surface area contributed by atoms with Crippen LogP contribution in [0.25, 0.3) is 0 Å². The Morgan fingerprint density at radius 1 is 1.20 bits per heavy atom. The van der Waals surface area contributed by atoms with Crippen LogP contribution >= 0.6 is 0 Å². The molecular formula is C19H19N5O. The van der Waals surface area contributed by atoms with Crippen LogP contribution in [-0.4, -0.2) is 15.7 Å². The van der Waals surface area contributed by atoms with Crippen LogP contribution in [0.4, 0.5) is 17.2 Å². The fourth-order valence-electron chi connectivity index (χ4n) is 3.08. The quantitative estimate of drug-likeness (QED) is 0.756. The fourth-order valence-corrected chi connectivity index (χ4v) is 3.08. The van der Waals surface area contributed by atoms with Crippen molar-refractivity contribution in [3.05, 3.63) is 71.4 Å². The molecule has 6 nitrogen and oxygen atoms in total. The molecule has 1 aromatic heterocycles. The van der Waals surface area contributed by atoms with Crippen LogP contribution in [0.3, 0.4) is 0 Å². The summed E-state index contributed by atoms with van der Waals surface area (Å²) in [5.74, 6) is 0.857. The van der Waals surface area contributed by atoms with Crippen LogP contribution < -0.4 is 16.0 Å². The Hall–Kier alpha value is -3.12. The SMILES string of the molecule is Cn1ncc2c1Nc1ccccc1N(C(=O)c1ccc(CN)cc1)C2. The number of carbonyl (C=O) groups is 1. The molecule has 0 radical (unpaired) electrons. The van der Waals surface area contributed by atoms with Crippen LogP contribution in [0, 0.1) is 0 Å². The van der Waals surface area contributed by atoms with E-state index < -0.39 is 0 Å². The molecule has 25 heavy (non-hydrogen) atoms. The number of fused-ring (bicyclic) bond motifs is 2. The number of aryl methyl sites for hydroxylation is 1. The van der Waals surface area contributed by atoms with E-state index >= 15 is 0 Å². The van der Waals surface area contributed by atoms with Gasteiger partial charge < -0.3 is 16.0 Å². The second kappa shape index (κ2) is 6.07. The molecule has 1 aliphatic rings. The molecule has 2 aromatic carbocycles. The van der Waals surface area contributed by atoms with Crippen LogP contribution in [0.1, 0.15) is 21.5 Å². The molecule has 4 rings (SSSR count). The Morgan fingerprint density at radius 2 is 1.96 bits per heavy atom. The molecule has 3 N–H and O–H groups in total. The van der Waals surface area contributed by atoms with Crippen molar-refractivity contribution in [2.24, 2.45) is 12.8 Å². The minimum absolute atomic E-state index is 0.0467. The van der Waals surface area contributed by atoms with E-state index in [4.69, 9.17) is 5.73 Å². The van der Waals surface area contributed by atoms with Crippen LogP contribution in [0.5, 0.6) is 0 Å². The van der Waals surface area contributed by atoms with Gasteiger partial charge >= 0.3 is 0 Å². The smallest absolute Gasteiger partial charge is 0.258 e. The number of amides is 1. The van der Waals surface area contributed by atoms with Gasteiger partial charge in [0, 0.05) is 24.7 Å². The topological polar surface area (TPSA) is 76.2 Å². The largest absolute Gasteiger partial charge is 0.338 e. The van der Waals surface area contributed by atoms with Crippen LogP contribution in [0.15, 0.2) is 54.7 Å². The molecule has 0 aliphatic carbocycles. The molecule has 3 aromatic rings. The molecule has 0 spiro atoms. The van der Waals surface area contributed by atoms with Crippen LogP contribution in [-0.2, 0) is 20.1 Å². The van der Waals surface area contributed by atoms with Crippen molar-refractivity contribution in [1.29, 1.82) is 0 Å². The van der Waals surface area contributed by atoms with E-state index in [0.29, 0.717) is 18.7 Å². The predicted octanol–water partition coefficient (Wildman–Crippen LogP) is 2.78. The zero-order chi connectivity index (χ0) is 17.4. The third-order valence-electron chi connectivity index (χ3n) is 4.47. The summed E-state index contributed by atoms with van der Waals surface area (Å²) in [5.41, 5.74) is 10.0. The Morgan fingerprint density at radius 3 is 2.72 bits per heavy atom. The van der Waals surface area contributed by atoms with Gasteiger partial charge in [0.1, 0.15) is 5.82 Å². The number of rotatable bonds is 2. The molecule has 0 saturated heterocycles. The molecule has 126 valence electrons. The third kappa shape index (κ3) is 2.66. The van der Waals surface area contributed by atoms with E-state index in [9.17, 15) is 4.79 Å². The monoisotopic (exact) mass is 333 g/mol. The van der Waals surface area contributed by atoms with Gasteiger partial charge in [-0.15, -0.1) is 0 Å². The summed E-state index contributed by atoms with van der Waals surface area (Å²) < 4.78 is 1.79. The second-order valence-corrected chi connectivity index (χ2v) is 6.08. The summed E-state index contributed by atoms with van der Waals surface area (Å²) in [7, 11) is 1.89. The summed E-state index contributed by atoms with van der Waals surface area (Å²) in [6.45, 7) is 0.925. The van der Waals surface area contributed by atoms with Gasteiger partial charge in [-0.2, -0.15) is 5.10 Å². The third-order valence-corrected chi connectivity index (χ3v) is 4.47. The number of aromatic nitrogens is 2. The van der Waals surface area contributed by atoms with Gasteiger partial charge in [-0.25, -0.2) is 0 Å². The minimum atomic E-state index is -0.0467. The van der Waals surface area contributed by atoms with Crippen molar-refractivity contribution >= 4 is 23.1 Å². The van der Waals surface area contributed by atoms with Gasteiger partial charge in [-0.3, -0.25) is 9.48 Å². The molecule has 0 saturated carbocycles. The lowest BCUT2D eigenvalue weighted by Crippen LogP contribution is -2.30. The van der Waals surface area contributed by atoms with Crippen molar-refractivity contribution in [3.8, 4) is 0 Å². The van der Waals surface area contributed by atoms with Gasteiger partial charge in [0.05, 0.1) is 24.1 Å². The average Bonchev–Trinajstić information content (AvgIpc) is 2.90. The fraction of sp³-hybridized carbons (Fsp3) is 0.158. The van der Waals surface area contributed by atoms with E-state index in [-0.39, 0.29) is 5.91 Å². The molecule has 1 aliphatic heterocycles. The highest BCUT2D eigenvalue weighted by Crippen LogP contribution is 2.36. The zero-order valence-corrected chi connectivity index (χ0v) is 13.9. The molecule has 1 amide bonds. The molecule has 2 heterocycles. The van der Waals surface area contributed by atoms with Crippen molar-refractivity contribution in [3.63, 3.8) is 0 Å². The maximum Gasteiger partial charge on any atom is 0.258 e. The Labute approximate surface area is 145 Å². The molecule has 0 fully saturated rings. The van der Waals surface area contributed by atoms with Crippen molar-refractivity contribution < 1.29 is 4.79 Å². The molecule has 0 bridgehead atoms. The summed E-state index contributed by atoms with van der Waals surface area (Å²) in [4.78, 5) is 15.0. The lowest BCUT2D eigenvalue weighted by Gasteiger charge is -2.22. The van der Waals surface area contributed by atoms with Gasteiger partial charge in [0.25, 0.3) is 5.91 Å². The molecular weight excluding hydrogens is 314 g/mol. The number of hydrogen-bond acceptors (Lipinski definition) is 4. The number of carbonyl (C=O) groups excluding carboxylic acids is 1. The number of hydrogen-bond donors (Lipinski definition) is 2. The molecule has 0 unspecified atom stereocenters. The Bertz CT molecular complexity index is 929. The number of para-hydroxylation sites is 2. The summed E-state index contributed by atoms with van der Waals surface area (Å²) in [6.07, 6.45) is 1.80. The molecule has 6 heteroatoms. The maximum atomic E-state index is 13.2. The maximum absolute atomic E-state index is 13.2. The normalized spacial score (nSPS) is 12.8. The Kier molecular flexibility index (Phi) is 3.74. The number of nitrogens with zero attached hydrogens (tertiary/aromatic N) is 3. The second-order valence-electron chi connectivity index (χ2n) is 6.08. The van der Waals surface area contributed by atoms with Crippen molar-refractivity contribution in [2.75, 3.05) is 10.2 Å². The van der Waals surface area contributed by atoms with E-state index in [2.05, 4.69) is 10.4 Å². The summed E-state index contributed by atoms with van der Waals surface area (Å²) in [6, 6.07) is 15.3. The predicted molar refractivity (Wildman–Crippen MR) is 97.8 cm³/mol. The highest BCUT2D eigenvalue weighted by atomic mass is 16.2. The zero-order valence-electron chi connectivity index (χ0n) is 13.9.